The third-order valence-corrected chi connectivity index (χ3v) is 4.62. The van der Waals surface area contributed by atoms with Crippen LogP contribution >= 0.6 is 22.9 Å². The normalized spacial score (nSPS) is 16.9. The highest BCUT2D eigenvalue weighted by molar-refractivity contribution is 7.10. The van der Waals surface area contributed by atoms with Crippen LogP contribution in [0.5, 0.6) is 5.75 Å². The molecule has 1 aromatic heterocycles. The van der Waals surface area contributed by atoms with E-state index in [1.807, 2.05) is 30.5 Å². The fraction of sp³-hybridized carbons (Fsp3) is 0.250. The van der Waals surface area contributed by atoms with Gasteiger partial charge in [-0.25, -0.2) is 0 Å². The Balaban J connectivity index is 1.69. The van der Waals surface area contributed by atoms with Gasteiger partial charge in [0.2, 0.25) is 18.0 Å². The third-order valence-electron chi connectivity index (χ3n) is 3.29. The van der Waals surface area contributed by atoms with Crippen molar-refractivity contribution in [2.45, 2.75) is 20.1 Å². The predicted octanol–water partition coefficient (Wildman–Crippen LogP) is 3.98. The molecule has 0 N–H and O–H groups in total. The minimum absolute atomic E-state index is 0.146. The van der Waals surface area contributed by atoms with Crippen LogP contribution in [0.1, 0.15) is 23.6 Å². The molecule has 0 radical (unpaired) electrons. The SMILES string of the molecule is CC(=O)N1N=C(COc2ccc(Cl)c(C)c2)OC1c1cccs1. The summed E-state index contributed by atoms with van der Waals surface area (Å²) in [5.74, 6) is 0.860. The zero-order chi connectivity index (χ0) is 16.4. The summed E-state index contributed by atoms with van der Waals surface area (Å²) in [5, 5.41) is 8.16. The second kappa shape index (κ2) is 6.60. The fourth-order valence-corrected chi connectivity index (χ4v) is 2.99. The summed E-state index contributed by atoms with van der Waals surface area (Å²) in [6.45, 7) is 3.51. The summed E-state index contributed by atoms with van der Waals surface area (Å²) in [6, 6.07) is 9.22. The topological polar surface area (TPSA) is 51.1 Å². The molecule has 0 bridgehead atoms. The maximum atomic E-state index is 11.7. The third kappa shape index (κ3) is 3.48. The van der Waals surface area contributed by atoms with Crippen LogP contribution in [0.2, 0.25) is 5.02 Å². The van der Waals surface area contributed by atoms with Gasteiger partial charge in [0.05, 0.1) is 4.88 Å². The second-order valence-electron chi connectivity index (χ2n) is 5.04. The molecule has 2 aromatic rings. The standard InChI is InChI=1S/C16H15ClN2O3S/c1-10-8-12(5-6-13(10)17)21-9-15-18-19(11(2)20)16(22-15)14-4-3-7-23-14/h3-8,16H,9H2,1-2H3. The number of carbonyl (C=O) groups is 1. The number of thiophene rings is 1. The first-order valence-electron chi connectivity index (χ1n) is 7.01. The van der Waals surface area contributed by atoms with Crippen LogP contribution in [-0.2, 0) is 9.53 Å². The molecule has 120 valence electrons. The van der Waals surface area contributed by atoms with E-state index in [-0.39, 0.29) is 12.5 Å². The van der Waals surface area contributed by atoms with Crippen molar-refractivity contribution in [2.24, 2.45) is 5.10 Å². The summed E-state index contributed by atoms with van der Waals surface area (Å²) >= 11 is 7.50. The largest absolute Gasteiger partial charge is 0.484 e. The molecule has 2 heterocycles. The van der Waals surface area contributed by atoms with Gasteiger partial charge in [0, 0.05) is 11.9 Å². The Labute approximate surface area is 143 Å². The Morgan fingerprint density at radius 2 is 2.30 bits per heavy atom. The van der Waals surface area contributed by atoms with Crippen LogP contribution in [0.4, 0.5) is 0 Å². The molecule has 1 amide bonds. The lowest BCUT2D eigenvalue weighted by Gasteiger charge is -2.17. The van der Waals surface area contributed by atoms with Gasteiger partial charge < -0.3 is 9.47 Å². The second-order valence-corrected chi connectivity index (χ2v) is 6.43. The number of carbonyl (C=O) groups excluding carboxylic acids is 1. The Morgan fingerprint density at radius 1 is 1.48 bits per heavy atom. The molecular weight excluding hydrogens is 336 g/mol. The van der Waals surface area contributed by atoms with E-state index in [2.05, 4.69) is 5.10 Å². The minimum atomic E-state index is -0.516. The van der Waals surface area contributed by atoms with Gasteiger partial charge in [0.15, 0.2) is 6.61 Å². The molecule has 0 fully saturated rings. The van der Waals surface area contributed by atoms with Crippen molar-refractivity contribution in [1.82, 2.24) is 5.01 Å². The average molecular weight is 351 g/mol. The monoisotopic (exact) mass is 350 g/mol. The molecule has 0 saturated heterocycles. The average Bonchev–Trinajstić information content (AvgIpc) is 3.16. The first-order chi connectivity index (χ1) is 11.0. The Kier molecular flexibility index (Phi) is 4.54. The number of halogens is 1. The number of hydrogen-bond donors (Lipinski definition) is 0. The first-order valence-corrected chi connectivity index (χ1v) is 8.26. The van der Waals surface area contributed by atoms with Gasteiger partial charge in [-0.1, -0.05) is 17.7 Å². The number of benzene rings is 1. The molecular formula is C16H15ClN2O3S. The molecule has 1 aliphatic heterocycles. The van der Waals surface area contributed by atoms with E-state index in [4.69, 9.17) is 21.1 Å². The van der Waals surface area contributed by atoms with Crippen LogP contribution in [-0.4, -0.2) is 23.4 Å². The number of amides is 1. The minimum Gasteiger partial charge on any atom is -0.484 e. The highest BCUT2D eigenvalue weighted by Crippen LogP contribution is 2.31. The molecule has 0 aliphatic carbocycles. The molecule has 1 unspecified atom stereocenters. The molecule has 5 nitrogen and oxygen atoms in total. The molecule has 1 aliphatic rings. The summed E-state index contributed by atoms with van der Waals surface area (Å²) in [6.07, 6.45) is -0.516. The predicted molar refractivity (Wildman–Crippen MR) is 89.8 cm³/mol. The maximum absolute atomic E-state index is 11.7. The van der Waals surface area contributed by atoms with E-state index in [0.29, 0.717) is 16.7 Å². The van der Waals surface area contributed by atoms with E-state index < -0.39 is 6.23 Å². The lowest BCUT2D eigenvalue weighted by atomic mass is 10.2. The van der Waals surface area contributed by atoms with Gasteiger partial charge in [-0.05, 0) is 42.1 Å². The quantitative estimate of drug-likeness (QED) is 0.838. The number of rotatable bonds is 4. The molecule has 3 rings (SSSR count). The molecule has 1 aromatic carbocycles. The van der Waals surface area contributed by atoms with Crippen molar-refractivity contribution in [3.05, 3.63) is 51.2 Å². The lowest BCUT2D eigenvalue weighted by molar-refractivity contribution is -0.135. The van der Waals surface area contributed by atoms with Crippen molar-refractivity contribution >= 4 is 34.7 Å². The number of hydrazone groups is 1. The van der Waals surface area contributed by atoms with Gasteiger partial charge in [-0.15, -0.1) is 16.4 Å². The highest BCUT2D eigenvalue weighted by Gasteiger charge is 2.33. The summed E-state index contributed by atoms with van der Waals surface area (Å²) < 4.78 is 11.4. The van der Waals surface area contributed by atoms with E-state index in [0.717, 1.165) is 10.4 Å². The van der Waals surface area contributed by atoms with E-state index in [1.54, 1.807) is 12.1 Å². The fourth-order valence-electron chi connectivity index (χ4n) is 2.14. The number of ether oxygens (including phenoxy) is 2. The van der Waals surface area contributed by atoms with Crippen molar-refractivity contribution in [3.8, 4) is 5.75 Å². The maximum Gasteiger partial charge on any atom is 0.247 e. The summed E-state index contributed by atoms with van der Waals surface area (Å²) in [5.41, 5.74) is 0.931. The van der Waals surface area contributed by atoms with E-state index in [1.165, 1.54) is 23.3 Å². The van der Waals surface area contributed by atoms with Gasteiger partial charge >= 0.3 is 0 Å². The van der Waals surface area contributed by atoms with Crippen LogP contribution in [0.15, 0.2) is 40.8 Å². The Bertz CT molecular complexity index is 746. The molecule has 0 saturated carbocycles. The highest BCUT2D eigenvalue weighted by atomic mass is 35.5. The molecule has 7 heteroatoms. The summed E-state index contributed by atoms with van der Waals surface area (Å²) in [7, 11) is 0. The molecule has 0 spiro atoms. The molecule has 23 heavy (non-hydrogen) atoms. The summed E-state index contributed by atoms with van der Waals surface area (Å²) in [4.78, 5) is 12.7. The van der Waals surface area contributed by atoms with Crippen molar-refractivity contribution in [2.75, 3.05) is 6.61 Å². The van der Waals surface area contributed by atoms with Crippen LogP contribution in [0.3, 0.4) is 0 Å². The van der Waals surface area contributed by atoms with E-state index in [9.17, 15) is 4.79 Å². The van der Waals surface area contributed by atoms with Crippen LogP contribution < -0.4 is 4.74 Å². The van der Waals surface area contributed by atoms with Gasteiger partial charge in [-0.3, -0.25) is 4.79 Å². The van der Waals surface area contributed by atoms with Crippen molar-refractivity contribution in [1.29, 1.82) is 0 Å². The van der Waals surface area contributed by atoms with Gasteiger partial charge in [0.25, 0.3) is 0 Å². The lowest BCUT2D eigenvalue weighted by Crippen LogP contribution is -2.24. The smallest absolute Gasteiger partial charge is 0.247 e. The van der Waals surface area contributed by atoms with E-state index >= 15 is 0 Å². The van der Waals surface area contributed by atoms with Crippen molar-refractivity contribution in [3.63, 3.8) is 0 Å². The molecule has 1 atom stereocenters. The van der Waals surface area contributed by atoms with Crippen LogP contribution in [0.25, 0.3) is 0 Å². The zero-order valence-corrected chi connectivity index (χ0v) is 14.2. The van der Waals surface area contributed by atoms with Crippen molar-refractivity contribution < 1.29 is 14.3 Å². The van der Waals surface area contributed by atoms with Gasteiger partial charge in [0.1, 0.15) is 5.75 Å². The Hall–Kier alpha value is -2.05. The zero-order valence-electron chi connectivity index (χ0n) is 12.7. The van der Waals surface area contributed by atoms with Gasteiger partial charge in [-0.2, -0.15) is 5.01 Å². The van der Waals surface area contributed by atoms with Crippen LogP contribution in [0, 0.1) is 6.92 Å². The first kappa shape index (κ1) is 15.8. The number of nitrogens with zero attached hydrogens (tertiary/aromatic N) is 2. The number of aryl methyl sites for hydroxylation is 1. The Morgan fingerprint density at radius 3 is 2.96 bits per heavy atom. The number of hydrogen-bond acceptors (Lipinski definition) is 5.